The summed E-state index contributed by atoms with van der Waals surface area (Å²) < 4.78 is 5.57. The molecule has 4 unspecified atom stereocenters. The fourth-order valence-corrected chi connectivity index (χ4v) is 8.90. The zero-order valence-electron chi connectivity index (χ0n) is 20.5. The van der Waals surface area contributed by atoms with E-state index in [9.17, 15) is 9.59 Å². The third-order valence-corrected chi connectivity index (χ3v) is 10.8. The molecule has 3 aliphatic carbocycles. The minimum Gasteiger partial charge on any atom is -0.381 e. The Balaban J connectivity index is 1.16. The van der Waals surface area contributed by atoms with Crippen molar-refractivity contribution >= 4 is 23.3 Å². The lowest BCUT2D eigenvalue weighted by Gasteiger charge is -2.50. The largest absolute Gasteiger partial charge is 0.381 e. The Kier molecular flexibility index (Phi) is 5.84. The zero-order chi connectivity index (χ0) is 23.5. The molecule has 2 saturated heterocycles. The first kappa shape index (κ1) is 23.0. The summed E-state index contributed by atoms with van der Waals surface area (Å²) in [6.45, 7) is 5.72. The van der Waals surface area contributed by atoms with Crippen molar-refractivity contribution in [3.05, 3.63) is 34.3 Å². The topological polar surface area (TPSA) is 46.6 Å². The van der Waals surface area contributed by atoms with Crippen molar-refractivity contribution in [2.75, 3.05) is 26.3 Å². The molecule has 6 rings (SSSR count). The molecular formula is C29H38ClNO3. The van der Waals surface area contributed by atoms with E-state index in [2.05, 4.69) is 24.0 Å². The number of halogens is 1. The number of rotatable bonds is 3. The highest BCUT2D eigenvalue weighted by atomic mass is 35.5. The lowest BCUT2D eigenvalue weighted by atomic mass is 9.54. The molecule has 5 aliphatic rings. The van der Waals surface area contributed by atoms with Gasteiger partial charge in [-0.05, 0) is 104 Å². The molecule has 0 bridgehead atoms. The molecule has 2 saturated carbocycles. The van der Waals surface area contributed by atoms with Crippen LogP contribution in [0, 0.1) is 28.6 Å². The lowest BCUT2D eigenvalue weighted by Crippen LogP contribution is -2.44. The summed E-state index contributed by atoms with van der Waals surface area (Å²) in [5.74, 6) is 2.61. The number of benzene rings is 1. The van der Waals surface area contributed by atoms with Crippen LogP contribution in [0.5, 0.6) is 0 Å². The van der Waals surface area contributed by atoms with Gasteiger partial charge < -0.3 is 9.64 Å². The second-order valence-electron chi connectivity index (χ2n) is 12.2. The van der Waals surface area contributed by atoms with E-state index in [0.29, 0.717) is 53.6 Å². The highest BCUT2D eigenvalue weighted by Crippen LogP contribution is 2.62. The van der Waals surface area contributed by atoms with E-state index >= 15 is 0 Å². The third kappa shape index (κ3) is 3.75. The summed E-state index contributed by atoms with van der Waals surface area (Å²) in [5.41, 5.74) is 2.98. The van der Waals surface area contributed by atoms with Crippen molar-refractivity contribution in [3.8, 4) is 0 Å². The van der Waals surface area contributed by atoms with Gasteiger partial charge in [0.15, 0.2) is 0 Å². The Labute approximate surface area is 208 Å². The Morgan fingerprint density at radius 3 is 2.82 bits per heavy atom. The number of fused-ring (bicyclic) bond motifs is 5. The van der Waals surface area contributed by atoms with Gasteiger partial charge in [-0.2, -0.15) is 0 Å². The zero-order valence-corrected chi connectivity index (χ0v) is 21.2. The number of ether oxygens (including phenoxy) is 1. The van der Waals surface area contributed by atoms with Crippen molar-refractivity contribution in [2.45, 2.75) is 77.0 Å². The van der Waals surface area contributed by atoms with Gasteiger partial charge in [-0.1, -0.05) is 24.6 Å². The van der Waals surface area contributed by atoms with Gasteiger partial charge in [0.1, 0.15) is 5.78 Å². The SMILES string of the molecule is C[C@]12CCC3c4ccc(Cl)cc4CCC3C1C(CCC(=O)N1CCC3(CCOCC3)C1)CC2=O. The number of hydrogen-bond acceptors (Lipinski definition) is 3. The predicted molar refractivity (Wildman–Crippen MR) is 133 cm³/mol. The van der Waals surface area contributed by atoms with Crippen LogP contribution < -0.4 is 0 Å². The van der Waals surface area contributed by atoms with E-state index in [4.69, 9.17) is 16.3 Å². The number of carbonyl (C=O) groups is 2. The molecule has 34 heavy (non-hydrogen) atoms. The molecule has 0 aromatic heterocycles. The molecule has 4 nitrogen and oxygen atoms in total. The number of aryl methyl sites for hydroxylation is 1. The number of likely N-dealkylation sites (tertiary alicyclic amines) is 1. The number of ketones is 1. The van der Waals surface area contributed by atoms with Gasteiger partial charge in [-0.15, -0.1) is 0 Å². The molecule has 4 fully saturated rings. The van der Waals surface area contributed by atoms with E-state index in [0.717, 1.165) is 82.7 Å². The minimum atomic E-state index is -0.196. The predicted octanol–water partition coefficient (Wildman–Crippen LogP) is 5.80. The molecule has 1 aromatic carbocycles. The lowest BCUT2D eigenvalue weighted by molar-refractivity contribution is -0.131. The smallest absolute Gasteiger partial charge is 0.222 e. The average Bonchev–Trinajstić information content (AvgIpc) is 3.35. The maximum atomic E-state index is 13.3. The van der Waals surface area contributed by atoms with E-state index in [1.807, 2.05) is 6.07 Å². The van der Waals surface area contributed by atoms with Crippen LogP contribution in [0.4, 0.5) is 0 Å². The van der Waals surface area contributed by atoms with Crippen molar-refractivity contribution in [3.63, 3.8) is 0 Å². The highest BCUT2D eigenvalue weighted by molar-refractivity contribution is 6.30. The summed E-state index contributed by atoms with van der Waals surface area (Å²) in [4.78, 5) is 28.6. The van der Waals surface area contributed by atoms with E-state index in [1.54, 1.807) is 0 Å². The van der Waals surface area contributed by atoms with Crippen LogP contribution in [-0.2, 0) is 20.7 Å². The maximum Gasteiger partial charge on any atom is 0.222 e. The van der Waals surface area contributed by atoms with Crippen LogP contribution in [0.1, 0.15) is 81.8 Å². The summed E-state index contributed by atoms with van der Waals surface area (Å²) in [6, 6.07) is 6.43. The Bertz CT molecular complexity index is 986. The maximum absolute atomic E-state index is 13.3. The van der Waals surface area contributed by atoms with Gasteiger partial charge in [0.05, 0.1) is 0 Å². The second kappa shape index (κ2) is 8.62. The molecule has 0 radical (unpaired) electrons. The van der Waals surface area contributed by atoms with Crippen LogP contribution in [0.15, 0.2) is 18.2 Å². The molecule has 1 aromatic rings. The summed E-state index contributed by atoms with van der Waals surface area (Å²) in [5, 5.41) is 0.828. The van der Waals surface area contributed by atoms with Gasteiger partial charge >= 0.3 is 0 Å². The monoisotopic (exact) mass is 483 g/mol. The van der Waals surface area contributed by atoms with Crippen LogP contribution in [0.3, 0.4) is 0 Å². The van der Waals surface area contributed by atoms with Gasteiger partial charge in [0.2, 0.25) is 5.91 Å². The Morgan fingerprint density at radius 1 is 1.18 bits per heavy atom. The van der Waals surface area contributed by atoms with Crippen molar-refractivity contribution in [1.82, 2.24) is 4.90 Å². The number of Topliss-reactive ketones (excluding diaryl/α,β-unsaturated/α-hetero) is 1. The minimum absolute atomic E-state index is 0.196. The first-order valence-corrected chi connectivity index (χ1v) is 13.9. The highest BCUT2D eigenvalue weighted by Gasteiger charge is 2.58. The fourth-order valence-electron chi connectivity index (χ4n) is 8.70. The van der Waals surface area contributed by atoms with Crippen LogP contribution >= 0.6 is 11.6 Å². The molecule has 2 heterocycles. The van der Waals surface area contributed by atoms with Crippen molar-refractivity contribution < 1.29 is 14.3 Å². The Hall–Kier alpha value is -1.39. The molecule has 0 N–H and O–H groups in total. The van der Waals surface area contributed by atoms with Crippen LogP contribution in [-0.4, -0.2) is 42.9 Å². The molecule has 184 valence electrons. The van der Waals surface area contributed by atoms with E-state index in [1.165, 1.54) is 11.1 Å². The number of amides is 1. The van der Waals surface area contributed by atoms with Crippen molar-refractivity contribution in [2.24, 2.45) is 28.6 Å². The van der Waals surface area contributed by atoms with Crippen LogP contribution in [0.25, 0.3) is 0 Å². The Morgan fingerprint density at radius 2 is 2.00 bits per heavy atom. The summed E-state index contributed by atoms with van der Waals surface area (Å²) >= 11 is 6.29. The first-order valence-electron chi connectivity index (χ1n) is 13.6. The molecule has 2 aliphatic heterocycles. The third-order valence-electron chi connectivity index (χ3n) is 10.6. The van der Waals surface area contributed by atoms with Gasteiger partial charge in [-0.3, -0.25) is 9.59 Å². The molecule has 1 spiro atoms. The molecule has 1 amide bonds. The van der Waals surface area contributed by atoms with E-state index in [-0.39, 0.29) is 5.41 Å². The number of nitrogens with zero attached hydrogens (tertiary/aromatic N) is 1. The number of carbonyl (C=O) groups excluding carboxylic acids is 2. The van der Waals surface area contributed by atoms with Gasteiger partial charge in [-0.25, -0.2) is 0 Å². The molecule has 5 atom stereocenters. The first-order chi connectivity index (χ1) is 16.4. The normalized spacial score (nSPS) is 36.3. The molecular weight excluding hydrogens is 446 g/mol. The summed E-state index contributed by atoms with van der Waals surface area (Å²) in [6.07, 6.45) is 9.73. The quantitative estimate of drug-likeness (QED) is 0.545. The average molecular weight is 484 g/mol. The standard InChI is InChI=1S/C29H38ClNO3/c1-28-9-8-23-22-6-4-21(30)16-19(22)2-5-24(23)27(28)20(17-25(28)32)3-7-26(33)31-13-10-29(18-31)11-14-34-15-12-29/h4,6,16,20,23-24,27H,2-3,5,7-15,17-18H2,1H3/t20?,23?,24?,27?,28-/m1/s1. The summed E-state index contributed by atoms with van der Waals surface area (Å²) in [7, 11) is 0. The fraction of sp³-hybridized carbons (Fsp3) is 0.724. The van der Waals surface area contributed by atoms with Gasteiger partial charge in [0.25, 0.3) is 0 Å². The second-order valence-corrected chi connectivity index (χ2v) is 12.7. The van der Waals surface area contributed by atoms with Crippen molar-refractivity contribution in [1.29, 1.82) is 0 Å². The molecule has 5 heteroatoms. The van der Waals surface area contributed by atoms with Crippen LogP contribution in [0.2, 0.25) is 5.02 Å². The number of hydrogen-bond donors (Lipinski definition) is 0. The van der Waals surface area contributed by atoms with Gasteiger partial charge in [0, 0.05) is 49.6 Å². The van der Waals surface area contributed by atoms with E-state index < -0.39 is 0 Å².